The second-order valence-corrected chi connectivity index (χ2v) is 4.34. The number of rotatable bonds is 2. The lowest BCUT2D eigenvalue weighted by Gasteiger charge is -2.38. The summed E-state index contributed by atoms with van der Waals surface area (Å²) in [6, 6.07) is -0.0689. The molecule has 1 aromatic rings. The third-order valence-corrected chi connectivity index (χ3v) is 2.73. The van der Waals surface area contributed by atoms with E-state index >= 15 is 0 Å². The molecule has 2 rings (SSSR count). The number of hydrogen-bond donors (Lipinski definition) is 2. The van der Waals surface area contributed by atoms with Crippen LogP contribution in [0.5, 0.6) is 0 Å². The van der Waals surface area contributed by atoms with Crippen molar-refractivity contribution in [3.8, 4) is 0 Å². The maximum atomic E-state index is 11.7. The molecule has 1 aliphatic heterocycles. The molecule has 0 aliphatic carbocycles. The molecule has 2 amide bonds. The number of amides is 2. The van der Waals surface area contributed by atoms with Gasteiger partial charge in [0.15, 0.2) is 5.69 Å². The van der Waals surface area contributed by atoms with Crippen LogP contribution in [0.1, 0.15) is 24.3 Å². The molecule has 0 atom stereocenters. The third-order valence-electron chi connectivity index (χ3n) is 2.73. The number of imide groups is 1. The smallest absolute Gasteiger partial charge is 0.357 e. The zero-order valence-electron chi connectivity index (χ0n) is 9.76. The van der Waals surface area contributed by atoms with E-state index in [0.717, 1.165) is 6.26 Å². The Morgan fingerprint density at radius 2 is 2.22 bits per heavy atom. The zero-order valence-corrected chi connectivity index (χ0v) is 9.76. The van der Waals surface area contributed by atoms with Gasteiger partial charge in [-0.2, -0.15) is 4.98 Å². The maximum absolute atomic E-state index is 11.7. The highest BCUT2D eigenvalue weighted by Crippen LogP contribution is 2.25. The van der Waals surface area contributed by atoms with Gasteiger partial charge in [0.25, 0.3) is 11.9 Å². The van der Waals surface area contributed by atoms with Crippen LogP contribution in [-0.2, 0) is 9.59 Å². The van der Waals surface area contributed by atoms with Crippen LogP contribution in [0.25, 0.3) is 0 Å². The molecule has 1 aromatic heterocycles. The van der Waals surface area contributed by atoms with Crippen molar-refractivity contribution >= 4 is 23.8 Å². The van der Waals surface area contributed by atoms with Crippen molar-refractivity contribution in [2.24, 2.45) is 0 Å². The number of piperazine rings is 1. The summed E-state index contributed by atoms with van der Waals surface area (Å²) in [5.74, 6) is -2.22. The van der Waals surface area contributed by atoms with Gasteiger partial charge in [-0.1, -0.05) is 0 Å². The SMILES string of the molecule is CC1(C)C(=O)NC(=O)CN1c1nc(C(=O)O)co1. The molecule has 1 fully saturated rings. The van der Waals surface area contributed by atoms with Crippen LogP contribution in [-0.4, -0.2) is 40.0 Å². The van der Waals surface area contributed by atoms with E-state index in [1.165, 1.54) is 4.90 Å². The first-order chi connectivity index (χ1) is 8.32. The van der Waals surface area contributed by atoms with Crippen molar-refractivity contribution in [2.45, 2.75) is 19.4 Å². The molecule has 18 heavy (non-hydrogen) atoms. The summed E-state index contributed by atoms with van der Waals surface area (Å²) in [4.78, 5) is 38.8. The van der Waals surface area contributed by atoms with Crippen LogP contribution < -0.4 is 10.2 Å². The summed E-state index contributed by atoms with van der Waals surface area (Å²) in [7, 11) is 0. The largest absolute Gasteiger partial charge is 0.476 e. The Balaban J connectivity index is 2.37. The molecular formula is C10H11N3O5. The van der Waals surface area contributed by atoms with Gasteiger partial charge in [0.2, 0.25) is 5.91 Å². The Morgan fingerprint density at radius 3 is 2.78 bits per heavy atom. The Labute approximate surface area is 102 Å². The van der Waals surface area contributed by atoms with Gasteiger partial charge >= 0.3 is 5.97 Å². The maximum Gasteiger partial charge on any atom is 0.357 e. The van der Waals surface area contributed by atoms with Gasteiger partial charge in [-0.3, -0.25) is 14.9 Å². The molecule has 0 unspecified atom stereocenters. The Bertz CT molecular complexity index is 533. The number of anilines is 1. The molecule has 8 heteroatoms. The number of aromatic carboxylic acids is 1. The minimum absolute atomic E-state index is 0.0689. The van der Waals surface area contributed by atoms with Crippen LogP contribution in [0.2, 0.25) is 0 Å². The quantitative estimate of drug-likeness (QED) is 0.690. The molecule has 2 heterocycles. The number of carboxylic acid groups (broad SMARTS) is 1. The standard InChI is InChI=1S/C10H11N3O5/c1-10(2)8(17)12-6(14)3-13(10)9-11-5(4-18-9)7(15)16/h4H,3H2,1-2H3,(H,15,16)(H,12,14,17). The topological polar surface area (TPSA) is 113 Å². The number of carboxylic acids is 1. The zero-order chi connectivity index (χ0) is 13.5. The molecule has 96 valence electrons. The van der Waals surface area contributed by atoms with E-state index < -0.39 is 23.3 Å². The molecule has 1 saturated heterocycles. The van der Waals surface area contributed by atoms with Gasteiger partial charge in [0.05, 0.1) is 0 Å². The van der Waals surface area contributed by atoms with Crippen molar-refractivity contribution < 1.29 is 23.9 Å². The highest BCUT2D eigenvalue weighted by atomic mass is 16.4. The van der Waals surface area contributed by atoms with Crippen LogP contribution in [0.3, 0.4) is 0 Å². The second-order valence-electron chi connectivity index (χ2n) is 4.34. The molecule has 0 saturated carbocycles. The minimum atomic E-state index is -1.24. The molecule has 0 bridgehead atoms. The first-order valence-electron chi connectivity index (χ1n) is 5.13. The molecular weight excluding hydrogens is 242 g/mol. The lowest BCUT2D eigenvalue weighted by atomic mass is 9.99. The third kappa shape index (κ3) is 1.81. The lowest BCUT2D eigenvalue weighted by Crippen LogP contribution is -2.64. The Morgan fingerprint density at radius 1 is 1.56 bits per heavy atom. The van der Waals surface area contributed by atoms with Gasteiger partial charge in [-0.05, 0) is 13.8 Å². The van der Waals surface area contributed by atoms with Crippen molar-refractivity contribution in [1.82, 2.24) is 10.3 Å². The van der Waals surface area contributed by atoms with Crippen molar-refractivity contribution in [3.05, 3.63) is 12.0 Å². The summed E-state index contributed by atoms with van der Waals surface area (Å²) >= 11 is 0. The van der Waals surface area contributed by atoms with Crippen LogP contribution >= 0.6 is 0 Å². The van der Waals surface area contributed by atoms with Crippen molar-refractivity contribution in [1.29, 1.82) is 0 Å². The average molecular weight is 253 g/mol. The van der Waals surface area contributed by atoms with Crippen molar-refractivity contribution in [3.63, 3.8) is 0 Å². The highest BCUT2D eigenvalue weighted by molar-refractivity contribution is 6.06. The van der Waals surface area contributed by atoms with Crippen LogP contribution in [0.15, 0.2) is 10.7 Å². The molecule has 2 N–H and O–H groups in total. The fraction of sp³-hybridized carbons (Fsp3) is 0.400. The van der Waals surface area contributed by atoms with E-state index in [4.69, 9.17) is 9.52 Å². The van der Waals surface area contributed by atoms with Crippen LogP contribution in [0.4, 0.5) is 6.01 Å². The predicted molar refractivity (Wildman–Crippen MR) is 58.0 cm³/mol. The van der Waals surface area contributed by atoms with E-state index in [2.05, 4.69) is 10.3 Å². The van der Waals surface area contributed by atoms with Gasteiger partial charge in [-0.25, -0.2) is 4.79 Å². The number of hydrogen-bond acceptors (Lipinski definition) is 6. The predicted octanol–water partition coefficient (Wildman–Crippen LogP) is -0.386. The van der Waals surface area contributed by atoms with Gasteiger partial charge in [0, 0.05) is 0 Å². The average Bonchev–Trinajstić information content (AvgIpc) is 2.72. The van der Waals surface area contributed by atoms with Gasteiger partial charge < -0.3 is 14.4 Å². The number of nitrogens with one attached hydrogen (secondary N) is 1. The normalized spacial score (nSPS) is 18.7. The molecule has 8 nitrogen and oxygen atoms in total. The number of oxazole rings is 1. The fourth-order valence-electron chi connectivity index (χ4n) is 1.58. The molecule has 0 aromatic carbocycles. The number of nitrogens with zero attached hydrogens (tertiary/aromatic N) is 2. The summed E-state index contributed by atoms with van der Waals surface area (Å²) < 4.78 is 5.00. The molecule has 1 aliphatic rings. The summed E-state index contributed by atoms with van der Waals surface area (Å²) in [6.45, 7) is 3.04. The van der Waals surface area contributed by atoms with E-state index in [0.29, 0.717) is 0 Å². The molecule has 0 spiro atoms. The van der Waals surface area contributed by atoms with E-state index in [1.807, 2.05) is 0 Å². The van der Waals surface area contributed by atoms with Crippen molar-refractivity contribution in [2.75, 3.05) is 11.4 Å². The Kier molecular flexibility index (Phi) is 2.57. The summed E-state index contributed by atoms with van der Waals surface area (Å²) in [6.07, 6.45) is 0.963. The van der Waals surface area contributed by atoms with E-state index in [9.17, 15) is 14.4 Å². The molecule has 0 radical (unpaired) electrons. The number of carbonyl (C=O) groups excluding carboxylic acids is 2. The first-order valence-corrected chi connectivity index (χ1v) is 5.13. The second kappa shape index (κ2) is 3.83. The Hall–Kier alpha value is -2.38. The minimum Gasteiger partial charge on any atom is -0.476 e. The van der Waals surface area contributed by atoms with Crippen LogP contribution in [0, 0.1) is 0 Å². The van der Waals surface area contributed by atoms with Gasteiger partial charge in [0.1, 0.15) is 18.3 Å². The monoisotopic (exact) mass is 253 g/mol. The number of carbonyl (C=O) groups is 3. The lowest BCUT2D eigenvalue weighted by molar-refractivity contribution is -0.135. The summed E-state index contributed by atoms with van der Waals surface area (Å²) in [5.41, 5.74) is -1.33. The summed E-state index contributed by atoms with van der Waals surface area (Å²) in [5, 5.41) is 10.9. The van der Waals surface area contributed by atoms with E-state index in [1.54, 1.807) is 13.8 Å². The number of aromatic nitrogens is 1. The van der Waals surface area contributed by atoms with E-state index in [-0.39, 0.29) is 18.3 Å². The first kappa shape index (κ1) is 12.1. The van der Waals surface area contributed by atoms with Gasteiger partial charge in [-0.15, -0.1) is 0 Å². The highest BCUT2D eigenvalue weighted by Gasteiger charge is 2.43. The fourth-order valence-corrected chi connectivity index (χ4v) is 1.58.